The van der Waals surface area contributed by atoms with Gasteiger partial charge in [0.05, 0.1) is 12.5 Å². The first-order valence-corrected chi connectivity index (χ1v) is 15.0. The van der Waals surface area contributed by atoms with Crippen LogP contribution in [0.5, 0.6) is 0 Å². The van der Waals surface area contributed by atoms with Crippen LogP contribution in [0.4, 0.5) is 0 Å². The summed E-state index contributed by atoms with van der Waals surface area (Å²) in [5.74, 6) is -0.787. The Morgan fingerprint density at radius 3 is 1.89 bits per heavy atom. The van der Waals surface area contributed by atoms with E-state index in [1.165, 1.54) is 64.2 Å². The summed E-state index contributed by atoms with van der Waals surface area (Å²) >= 11 is 0. The minimum Gasteiger partial charge on any atom is -0.481 e. The number of ether oxygens (including phenoxy) is 2. The zero-order valence-electron chi connectivity index (χ0n) is 18.6. The summed E-state index contributed by atoms with van der Waals surface area (Å²) in [5.41, 5.74) is 0. The van der Waals surface area contributed by atoms with E-state index in [0.29, 0.717) is 6.61 Å². The summed E-state index contributed by atoms with van der Waals surface area (Å²) in [6.07, 6.45) is 15.0. The lowest BCUT2D eigenvalue weighted by Gasteiger charge is -2.18. The Morgan fingerprint density at radius 1 is 0.889 bits per heavy atom. The number of aliphatic carboxylic acids is 1. The highest BCUT2D eigenvalue weighted by molar-refractivity contribution is 6.76. The number of carboxylic acid groups (broad SMARTS) is 1. The molecule has 0 heterocycles. The summed E-state index contributed by atoms with van der Waals surface area (Å²) in [7, 11) is -1.08. The van der Waals surface area contributed by atoms with Crippen molar-refractivity contribution in [2.45, 2.75) is 122 Å². The molecule has 0 aromatic rings. The van der Waals surface area contributed by atoms with Gasteiger partial charge in [0.2, 0.25) is 0 Å². The minimum absolute atomic E-state index is 0.0785. The van der Waals surface area contributed by atoms with Gasteiger partial charge in [0, 0.05) is 14.7 Å². The number of unbranched alkanes of at least 4 members (excludes halogenated alkanes) is 10. The van der Waals surface area contributed by atoms with Crippen molar-refractivity contribution in [2.24, 2.45) is 0 Å². The summed E-state index contributed by atoms with van der Waals surface area (Å²) in [6.45, 7) is 10.1. The second-order valence-electron chi connectivity index (χ2n) is 9.05. The van der Waals surface area contributed by atoms with Crippen molar-refractivity contribution in [3.8, 4) is 0 Å². The van der Waals surface area contributed by atoms with Crippen LogP contribution in [0.1, 0.15) is 90.4 Å². The molecule has 0 radical (unpaired) electrons. The molecule has 4 nitrogen and oxygen atoms in total. The summed E-state index contributed by atoms with van der Waals surface area (Å²) in [5, 5.41) is 9.06. The molecule has 0 aliphatic carbocycles. The number of hydrogen-bond acceptors (Lipinski definition) is 3. The third-order valence-corrected chi connectivity index (χ3v) is 6.62. The zero-order chi connectivity index (χ0) is 20.4. The molecule has 0 aliphatic heterocycles. The van der Waals surface area contributed by atoms with E-state index in [2.05, 4.69) is 26.6 Å². The molecule has 0 saturated heterocycles. The Balaban J connectivity index is 3.63. The van der Waals surface area contributed by atoms with Gasteiger partial charge in [-0.1, -0.05) is 97.2 Å². The molecule has 0 aromatic heterocycles. The van der Waals surface area contributed by atoms with Crippen molar-refractivity contribution < 1.29 is 19.4 Å². The van der Waals surface area contributed by atoms with E-state index < -0.39 is 14.0 Å². The van der Waals surface area contributed by atoms with E-state index in [9.17, 15) is 4.79 Å². The Labute approximate surface area is 169 Å². The molecule has 5 heteroatoms. The summed E-state index contributed by atoms with van der Waals surface area (Å²) in [6, 6.07) is 1.11. The molecule has 0 aromatic carbocycles. The van der Waals surface area contributed by atoms with Gasteiger partial charge in [-0.25, -0.2) is 0 Å². The highest BCUT2D eigenvalue weighted by atomic mass is 28.3. The molecule has 0 rings (SSSR count). The quantitative estimate of drug-likeness (QED) is 0.137. The largest absolute Gasteiger partial charge is 0.481 e. The van der Waals surface area contributed by atoms with Gasteiger partial charge in [0.25, 0.3) is 0 Å². The normalized spacial score (nSPS) is 13.0. The molecule has 0 saturated carbocycles. The van der Waals surface area contributed by atoms with Gasteiger partial charge in [-0.15, -0.1) is 0 Å². The van der Waals surface area contributed by atoms with E-state index in [4.69, 9.17) is 14.6 Å². The first-order chi connectivity index (χ1) is 12.8. The van der Waals surface area contributed by atoms with Crippen LogP contribution in [0, 0.1) is 0 Å². The maximum Gasteiger partial charge on any atom is 0.305 e. The number of rotatable bonds is 20. The number of carboxylic acids is 1. The molecular weight excluding hydrogens is 356 g/mol. The van der Waals surface area contributed by atoms with Gasteiger partial charge in [-0.3, -0.25) is 4.79 Å². The summed E-state index contributed by atoms with van der Waals surface area (Å²) in [4.78, 5) is 11.0. The lowest BCUT2D eigenvalue weighted by Crippen LogP contribution is -2.23. The van der Waals surface area contributed by atoms with Gasteiger partial charge in [-0.05, 0) is 12.5 Å². The van der Waals surface area contributed by atoms with Crippen molar-refractivity contribution in [2.75, 3.05) is 13.4 Å². The van der Waals surface area contributed by atoms with Gasteiger partial charge in [0.1, 0.15) is 6.79 Å². The standard InChI is InChI=1S/C22H46O4Si/c1-5-6-7-8-9-10-11-12-13-14-15-16-21(19-22(23)24)26-20-25-17-18-27(2,3)4/h21H,5-20H2,1-4H3,(H,23,24). The highest BCUT2D eigenvalue weighted by Crippen LogP contribution is 2.15. The lowest BCUT2D eigenvalue weighted by molar-refractivity contribution is -0.144. The maximum absolute atomic E-state index is 11.0. The van der Waals surface area contributed by atoms with Crippen LogP contribution in [-0.4, -0.2) is 38.7 Å². The van der Waals surface area contributed by atoms with Crippen molar-refractivity contribution in [3.63, 3.8) is 0 Å². The Bertz CT molecular complexity index is 342. The van der Waals surface area contributed by atoms with Crippen molar-refractivity contribution >= 4 is 14.0 Å². The Morgan fingerprint density at radius 2 is 1.41 bits per heavy atom. The van der Waals surface area contributed by atoms with Crippen LogP contribution in [0.2, 0.25) is 25.7 Å². The second kappa shape index (κ2) is 17.7. The molecule has 1 N–H and O–H groups in total. The van der Waals surface area contributed by atoms with Crippen molar-refractivity contribution in [1.29, 1.82) is 0 Å². The molecule has 0 amide bonds. The van der Waals surface area contributed by atoms with E-state index >= 15 is 0 Å². The maximum atomic E-state index is 11.0. The van der Waals surface area contributed by atoms with Gasteiger partial charge < -0.3 is 14.6 Å². The first kappa shape index (κ1) is 26.6. The smallest absolute Gasteiger partial charge is 0.305 e. The summed E-state index contributed by atoms with van der Waals surface area (Å²) < 4.78 is 11.2. The topological polar surface area (TPSA) is 55.8 Å². The van der Waals surface area contributed by atoms with E-state index in [-0.39, 0.29) is 19.3 Å². The minimum atomic E-state index is -1.08. The van der Waals surface area contributed by atoms with Gasteiger partial charge in [-0.2, -0.15) is 0 Å². The van der Waals surface area contributed by atoms with Crippen LogP contribution in [0.25, 0.3) is 0 Å². The average Bonchev–Trinajstić information content (AvgIpc) is 2.57. The lowest BCUT2D eigenvalue weighted by atomic mass is 10.0. The van der Waals surface area contributed by atoms with Gasteiger partial charge in [0.15, 0.2) is 0 Å². The fourth-order valence-corrected chi connectivity index (χ4v) is 3.81. The number of carbonyl (C=O) groups is 1. The third-order valence-electron chi connectivity index (χ3n) is 4.92. The Kier molecular flexibility index (Phi) is 17.4. The first-order valence-electron chi connectivity index (χ1n) is 11.3. The molecular formula is C22H46O4Si. The Hall–Kier alpha value is -0.393. The van der Waals surface area contributed by atoms with Crippen LogP contribution in [-0.2, 0) is 14.3 Å². The predicted molar refractivity (Wildman–Crippen MR) is 117 cm³/mol. The molecule has 0 bridgehead atoms. The van der Waals surface area contributed by atoms with Crippen molar-refractivity contribution in [1.82, 2.24) is 0 Å². The zero-order valence-corrected chi connectivity index (χ0v) is 19.6. The molecule has 162 valence electrons. The molecule has 0 aliphatic rings. The van der Waals surface area contributed by atoms with Crippen LogP contribution >= 0.6 is 0 Å². The van der Waals surface area contributed by atoms with E-state index in [1.54, 1.807) is 0 Å². The van der Waals surface area contributed by atoms with Crippen LogP contribution in [0.3, 0.4) is 0 Å². The molecule has 0 fully saturated rings. The average molecular weight is 403 g/mol. The molecule has 0 spiro atoms. The highest BCUT2D eigenvalue weighted by Gasteiger charge is 2.15. The monoisotopic (exact) mass is 402 g/mol. The predicted octanol–water partition coefficient (Wildman–Crippen LogP) is 6.86. The number of hydrogen-bond donors (Lipinski definition) is 1. The fraction of sp³-hybridized carbons (Fsp3) is 0.955. The molecule has 27 heavy (non-hydrogen) atoms. The fourth-order valence-electron chi connectivity index (χ4n) is 3.06. The molecule has 1 atom stereocenters. The molecule has 1 unspecified atom stereocenters. The second-order valence-corrected chi connectivity index (χ2v) is 14.7. The SMILES string of the molecule is CCCCCCCCCCCCCC(CC(=O)O)OCOCC[Si](C)(C)C. The van der Waals surface area contributed by atoms with Crippen LogP contribution in [0.15, 0.2) is 0 Å². The third kappa shape index (κ3) is 21.8. The van der Waals surface area contributed by atoms with E-state index in [1.807, 2.05) is 0 Å². The van der Waals surface area contributed by atoms with Crippen LogP contribution < -0.4 is 0 Å². The van der Waals surface area contributed by atoms with Gasteiger partial charge >= 0.3 is 5.97 Å². The van der Waals surface area contributed by atoms with Crippen molar-refractivity contribution in [3.05, 3.63) is 0 Å². The van der Waals surface area contributed by atoms with E-state index in [0.717, 1.165) is 18.9 Å².